The first-order chi connectivity index (χ1) is 18.3. The van der Waals surface area contributed by atoms with Crippen molar-refractivity contribution in [1.29, 1.82) is 0 Å². The number of alkyl halides is 3. The Kier molecular flexibility index (Phi) is 6.21. The topological polar surface area (TPSA) is 111 Å². The number of fused-ring (bicyclic) bond motifs is 2. The zero-order valence-corrected chi connectivity index (χ0v) is 20.2. The molecule has 38 heavy (non-hydrogen) atoms. The number of carboxylic acid groups (broad SMARTS) is 1. The van der Waals surface area contributed by atoms with E-state index in [4.69, 9.17) is 9.26 Å². The van der Waals surface area contributed by atoms with Crippen LogP contribution >= 0.6 is 0 Å². The van der Waals surface area contributed by atoms with Gasteiger partial charge < -0.3 is 24.0 Å². The molecule has 1 aliphatic carbocycles. The van der Waals surface area contributed by atoms with Crippen molar-refractivity contribution < 1.29 is 37.1 Å². The minimum atomic E-state index is -4.84. The molecule has 2 aliphatic heterocycles. The predicted molar refractivity (Wildman–Crippen MR) is 127 cm³/mol. The lowest BCUT2D eigenvalue weighted by Crippen LogP contribution is -2.46. The van der Waals surface area contributed by atoms with E-state index in [1.807, 2.05) is 0 Å². The van der Waals surface area contributed by atoms with Crippen molar-refractivity contribution in [3.05, 3.63) is 53.7 Å². The van der Waals surface area contributed by atoms with Crippen molar-refractivity contribution >= 4 is 11.8 Å². The summed E-state index contributed by atoms with van der Waals surface area (Å²) in [5.41, 5.74) is 1.06. The van der Waals surface area contributed by atoms with Gasteiger partial charge >= 0.3 is 12.3 Å². The summed E-state index contributed by atoms with van der Waals surface area (Å²) in [5.74, 6) is -0.0721. The first kappa shape index (κ1) is 24.7. The van der Waals surface area contributed by atoms with Gasteiger partial charge in [-0.05, 0) is 50.7 Å². The molecular weight excluding hydrogens is 505 g/mol. The van der Waals surface area contributed by atoms with E-state index in [2.05, 4.69) is 24.8 Å². The number of anilines is 1. The number of aromatic carboxylic acids is 1. The summed E-state index contributed by atoms with van der Waals surface area (Å²) in [7, 11) is 0. The first-order valence-corrected chi connectivity index (χ1v) is 12.6. The molecule has 3 aliphatic rings. The summed E-state index contributed by atoms with van der Waals surface area (Å²) in [6, 6.07) is 6.15. The number of carbonyl (C=O) groups is 1. The van der Waals surface area contributed by atoms with E-state index in [0.29, 0.717) is 35.7 Å². The average molecular weight is 531 g/mol. The molecule has 4 heterocycles. The third kappa shape index (κ3) is 4.92. The highest BCUT2D eigenvalue weighted by molar-refractivity contribution is 5.85. The SMILES string of the molecule is O=C(O)c1cncc(N2C3CCC2CC(OCc2c(-c4ccccc4OC(F)(F)F)noc2C2CC2)C3)n1. The van der Waals surface area contributed by atoms with Gasteiger partial charge in [-0.15, -0.1) is 13.2 Å². The standard InChI is InChI=1S/C26H25F3N4O5/c27-26(28,29)37-21-4-2-1-3-18(21)23-19(24(38-32-23)14-5-6-14)13-36-17-9-15-7-8-16(10-17)33(15)22-12-30-11-20(31-22)25(34)35/h1-4,11-12,14-17H,5-10,13H2,(H,34,35). The van der Waals surface area contributed by atoms with E-state index in [1.165, 1.54) is 24.4 Å². The molecule has 2 bridgehead atoms. The molecule has 6 rings (SSSR count). The summed E-state index contributed by atoms with van der Waals surface area (Å²) >= 11 is 0. The molecule has 200 valence electrons. The first-order valence-electron chi connectivity index (χ1n) is 12.6. The number of carboxylic acids is 1. The van der Waals surface area contributed by atoms with E-state index in [9.17, 15) is 23.1 Å². The molecule has 1 saturated carbocycles. The van der Waals surface area contributed by atoms with Gasteiger partial charge in [-0.2, -0.15) is 0 Å². The molecule has 2 unspecified atom stereocenters. The van der Waals surface area contributed by atoms with Crippen LogP contribution in [0, 0.1) is 0 Å². The molecule has 0 amide bonds. The van der Waals surface area contributed by atoms with E-state index in [-0.39, 0.29) is 47.7 Å². The van der Waals surface area contributed by atoms with Crippen LogP contribution in [0.25, 0.3) is 11.3 Å². The summed E-state index contributed by atoms with van der Waals surface area (Å²) in [6.45, 7) is 0.156. The number of ether oxygens (including phenoxy) is 2. The van der Waals surface area contributed by atoms with E-state index in [0.717, 1.165) is 25.7 Å². The quantitative estimate of drug-likeness (QED) is 0.414. The lowest BCUT2D eigenvalue weighted by atomic mass is 9.99. The third-order valence-electron chi connectivity index (χ3n) is 7.39. The highest BCUT2D eigenvalue weighted by atomic mass is 19.4. The summed E-state index contributed by atoms with van der Waals surface area (Å²) in [6.07, 6.45) is 3.04. The summed E-state index contributed by atoms with van der Waals surface area (Å²) < 4.78 is 55.3. The fourth-order valence-corrected chi connectivity index (χ4v) is 5.64. The van der Waals surface area contributed by atoms with Gasteiger partial charge in [-0.25, -0.2) is 9.78 Å². The van der Waals surface area contributed by atoms with Crippen LogP contribution in [-0.4, -0.2) is 50.8 Å². The Balaban J connectivity index is 1.20. The van der Waals surface area contributed by atoms with E-state index in [1.54, 1.807) is 12.3 Å². The summed E-state index contributed by atoms with van der Waals surface area (Å²) in [5, 5.41) is 13.4. The van der Waals surface area contributed by atoms with Gasteiger partial charge in [0.05, 0.1) is 25.1 Å². The maximum absolute atomic E-state index is 13.0. The number of benzene rings is 1. The van der Waals surface area contributed by atoms with Crippen LogP contribution in [0.4, 0.5) is 19.0 Å². The second kappa shape index (κ2) is 9.57. The third-order valence-corrected chi connectivity index (χ3v) is 7.39. The molecule has 0 radical (unpaired) electrons. The Morgan fingerprint density at radius 3 is 2.53 bits per heavy atom. The number of halogens is 3. The van der Waals surface area contributed by atoms with Gasteiger partial charge in [0.25, 0.3) is 0 Å². The lowest BCUT2D eigenvalue weighted by Gasteiger charge is -2.39. The highest BCUT2D eigenvalue weighted by Crippen LogP contribution is 2.46. The maximum Gasteiger partial charge on any atom is 0.573 e. The number of rotatable bonds is 8. The Morgan fingerprint density at radius 1 is 1.11 bits per heavy atom. The van der Waals surface area contributed by atoms with Gasteiger partial charge in [0.2, 0.25) is 0 Å². The average Bonchev–Trinajstić information content (AvgIpc) is 3.58. The number of para-hydroxylation sites is 1. The van der Waals surface area contributed by atoms with Crippen molar-refractivity contribution in [3.63, 3.8) is 0 Å². The van der Waals surface area contributed by atoms with Crippen molar-refractivity contribution in [1.82, 2.24) is 15.1 Å². The van der Waals surface area contributed by atoms with Crippen LogP contribution in [-0.2, 0) is 11.3 Å². The summed E-state index contributed by atoms with van der Waals surface area (Å²) in [4.78, 5) is 21.8. The Hall–Kier alpha value is -3.67. The van der Waals surface area contributed by atoms with E-state index >= 15 is 0 Å². The van der Waals surface area contributed by atoms with Gasteiger partial charge in [0.1, 0.15) is 23.0 Å². The molecule has 9 nitrogen and oxygen atoms in total. The molecule has 2 atom stereocenters. The number of aromatic nitrogens is 3. The zero-order chi connectivity index (χ0) is 26.4. The van der Waals surface area contributed by atoms with Crippen molar-refractivity contribution in [2.45, 2.75) is 75.6 Å². The normalized spacial score (nSPS) is 23.0. The Labute approximate surface area is 215 Å². The molecule has 1 aromatic carbocycles. The van der Waals surface area contributed by atoms with Crippen LogP contribution in [0.15, 0.2) is 41.2 Å². The largest absolute Gasteiger partial charge is 0.573 e. The molecule has 1 N–H and O–H groups in total. The van der Waals surface area contributed by atoms with Crippen LogP contribution < -0.4 is 9.64 Å². The predicted octanol–water partition coefficient (Wildman–Crippen LogP) is 5.32. The molecule has 0 spiro atoms. The Morgan fingerprint density at radius 2 is 1.84 bits per heavy atom. The van der Waals surface area contributed by atoms with Crippen molar-refractivity contribution in [2.24, 2.45) is 0 Å². The molecule has 12 heteroatoms. The Bertz CT molecular complexity index is 1330. The van der Waals surface area contributed by atoms with Crippen molar-refractivity contribution in [3.8, 4) is 17.0 Å². The molecule has 2 aromatic heterocycles. The van der Waals surface area contributed by atoms with E-state index < -0.39 is 12.3 Å². The molecule has 3 aromatic rings. The maximum atomic E-state index is 13.0. The van der Waals surface area contributed by atoms with Crippen LogP contribution in [0.3, 0.4) is 0 Å². The smallest absolute Gasteiger partial charge is 0.476 e. The van der Waals surface area contributed by atoms with Gasteiger partial charge in [-0.1, -0.05) is 17.3 Å². The minimum absolute atomic E-state index is 0.0872. The molecule has 3 fully saturated rings. The lowest BCUT2D eigenvalue weighted by molar-refractivity contribution is -0.274. The monoisotopic (exact) mass is 530 g/mol. The number of hydrogen-bond acceptors (Lipinski definition) is 8. The fraction of sp³-hybridized carbons (Fsp3) is 0.462. The van der Waals surface area contributed by atoms with Crippen molar-refractivity contribution in [2.75, 3.05) is 4.90 Å². The second-order valence-electron chi connectivity index (χ2n) is 9.96. The molecular formula is C26H25F3N4O5. The van der Waals surface area contributed by atoms with Gasteiger partial charge in [0.15, 0.2) is 5.69 Å². The van der Waals surface area contributed by atoms with Gasteiger partial charge in [0, 0.05) is 29.1 Å². The van der Waals surface area contributed by atoms with Crippen LogP contribution in [0.1, 0.15) is 66.3 Å². The number of nitrogens with zero attached hydrogens (tertiary/aromatic N) is 4. The second-order valence-corrected chi connectivity index (χ2v) is 9.96. The molecule has 2 saturated heterocycles. The van der Waals surface area contributed by atoms with Crippen LogP contribution in [0.2, 0.25) is 0 Å². The number of hydrogen-bond donors (Lipinski definition) is 1. The highest BCUT2D eigenvalue weighted by Gasteiger charge is 2.43. The van der Waals surface area contributed by atoms with Gasteiger partial charge in [-0.3, -0.25) is 4.98 Å². The fourth-order valence-electron chi connectivity index (χ4n) is 5.64. The zero-order valence-electron chi connectivity index (χ0n) is 20.2. The van der Waals surface area contributed by atoms with Crippen LogP contribution in [0.5, 0.6) is 5.75 Å². The number of piperidine rings is 1. The minimum Gasteiger partial charge on any atom is -0.476 e.